The lowest BCUT2D eigenvalue weighted by molar-refractivity contribution is -0.172. The first-order valence-electron chi connectivity index (χ1n) is 20.3. The fraction of sp³-hybridized carbons (Fsp3) is 0.610. The second-order valence-electron chi connectivity index (χ2n) is 18.1. The summed E-state index contributed by atoms with van der Waals surface area (Å²) in [5.74, 6) is -1.30. The predicted octanol–water partition coefficient (Wildman–Crippen LogP) is 3.95. The zero-order chi connectivity index (χ0) is 42.9. The lowest BCUT2D eigenvalue weighted by atomic mass is 10.1. The Labute approximate surface area is 348 Å². The average molecular weight is 857 g/mol. The molecule has 2 aromatic carbocycles. The fourth-order valence-electron chi connectivity index (χ4n) is 7.90. The topological polar surface area (TPSA) is 177 Å². The van der Waals surface area contributed by atoms with Crippen LogP contribution in [0.15, 0.2) is 36.4 Å². The summed E-state index contributed by atoms with van der Waals surface area (Å²) in [6.07, 6.45) is -2.36. The first kappa shape index (κ1) is 44.7. The van der Waals surface area contributed by atoms with Gasteiger partial charge in [-0.1, -0.05) is 39.3 Å². The minimum atomic E-state index is -1.88. The van der Waals surface area contributed by atoms with Gasteiger partial charge >= 0.3 is 0 Å². The van der Waals surface area contributed by atoms with Crippen molar-refractivity contribution in [1.29, 1.82) is 0 Å². The van der Waals surface area contributed by atoms with Gasteiger partial charge in [-0.05, 0) is 54.9 Å². The molecule has 2 fully saturated rings. The Morgan fingerprint density at radius 2 is 1.02 bits per heavy atom. The summed E-state index contributed by atoms with van der Waals surface area (Å²) in [4.78, 5) is 63.3. The highest BCUT2D eigenvalue weighted by molar-refractivity contribution is 6.76. The minimum Gasteiger partial charge on any atom is -0.497 e. The number of amides is 4. The maximum Gasteiger partial charge on any atom is 0.282 e. The Morgan fingerprint density at radius 3 is 1.37 bits per heavy atom. The summed E-state index contributed by atoms with van der Waals surface area (Å²) >= 11 is 0. The van der Waals surface area contributed by atoms with Crippen molar-refractivity contribution in [1.82, 2.24) is 9.80 Å². The predicted molar refractivity (Wildman–Crippen MR) is 224 cm³/mol. The Morgan fingerprint density at radius 1 is 0.627 bits per heavy atom. The van der Waals surface area contributed by atoms with Crippen molar-refractivity contribution in [2.45, 2.75) is 94.3 Å². The standard InChI is InChI=1S/C41H60N4O12Si2/c1-52-30-10-12-34-32(20-30)36(48)44-24-28(46)22-40(44,38(50)42(34)26-54-16-18-58(3,4)5)56-14-9-15-57-41-23-29(47)25-45(41)37(49)33-21-31(53-2)11-13-35(33)43(39(41)51)27-55-17-19-59(6,7)8/h10-13,20-21,28-29,46-47H,9,14-19,22-27H2,1-8H3/t28-,29?,40+,41?/m1/s1. The molecule has 4 heterocycles. The van der Waals surface area contributed by atoms with E-state index in [0.717, 1.165) is 12.1 Å². The summed E-state index contributed by atoms with van der Waals surface area (Å²) in [6, 6.07) is 11.5. The third-order valence-corrected chi connectivity index (χ3v) is 14.6. The third-order valence-electron chi connectivity index (χ3n) is 11.2. The minimum absolute atomic E-state index is 0.112. The number of hydrogen-bond donors (Lipinski definition) is 2. The van der Waals surface area contributed by atoms with Gasteiger partial charge in [0.1, 0.15) is 25.0 Å². The summed E-state index contributed by atoms with van der Waals surface area (Å²) in [6.45, 7) is 13.4. The molecular weight excluding hydrogens is 797 g/mol. The quantitative estimate of drug-likeness (QED) is 0.163. The van der Waals surface area contributed by atoms with Crippen LogP contribution in [0.5, 0.6) is 11.5 Å². The highest BCUT2D eigenvalue weighted by Gasteiger charge is 2.60. The van der Waals surface area contributed by atoms with Crippen LogP contribution < -0.4 is 19.3 Å². The van der Waals surface area contributed by atoms with Crippen molar-refractivity contribution >= 4 is 51.2 Å². The van der Waals surface area contributed by atoms with Crippen LogP contribution in [0.3, 0.4) is 0 Å². The monoisotopic (exact) mass is 856 g/mol. The first-order chi connectivity index (χ1) is 27.8. The van der Waals surface area contributed by atoms with Gasteiger partial charge in [-0.3, -0.25) is 38.8 Å². The molecule has 4 atom stereocenters. The van der Waals surface area contributed by atoms with E-state index in [4.69, 9.17) is 28.4 Å². The number of aliphatic hydroxyl groups is 2. The second kappa shape index (κ2) is 17.6. The Balaban J connectivity index is 1.23. The number of aliphatic hydroxyl groups excluding tert-OH is 2. The highest BCUT2D eigenvalue weighted by Crippen LogP contribution is 2.43. The molecule has 0 radical (unpaired) electrons. The average Bonchev–Trinajstić information content (AvgIpc) is 3.68. The molecule has 6 rings (SSSR count). The van der Waals surface area contributed by atoms with E-state index in [-0.39, 0.29) is 70.2 Å². The van der Waals surface area contributed by atoms with E-state index < -0.39 is 63.4 Å². The zero-order valence-corrected chi connectivity index (χ0v) is 37.6. The molecule has 59 heavy (non-hydrogen) atoms. The number of fused-ring (bicyclic) bond motifs is 4. The molecule has 2 aromatic rings. The van der Waals surface area contributed by atoms with Gasteiger partial charge < -0.3 is 38.6 Å². The fourth-order valence-corrected chi connectivity index (χ4v) is 9.41. The first-order valence-corrected chi connectivity index (χ1v) is 27.7. The summed E-state index contributed by atoms with van der Waals surface area (Å²) in [7, 11) is 0.0580. The second-order valence-corrected chi connectivity index (χ2v) is 29.3. The van der Waals surface area contributed by atoms with Crippen molar-refractivity contribution in [3.63, 3.8) is 0 Å². The Kier molecular flexibility index (Phi) is 13.3. The number of rotatable bonds is 18. The van der Waals surface area contributed by atoms with Gasteiger partial charge in [0, 0.05) is 42.2 Å². The van der Waals surface area contributed by atoms with Crippen LogP contribution in [-0.4, -0.2) is 151 Å². The van der Waals surface area contributed by atoms with Crippen LogP contribution >= 0.6 is 0 Å². The number of ether oxygens (including phenoxy) is 6. The Hall–Kier alpha value is -3.89. The van der Waals surface area contributed by atoms with Gasteiger partial charge in [0.25, 0.3) is 23.6 Å². The van der Waals surface area contributed by atoms with Crippen LogP contribution in [0.2, 0.25) is 51.4 Å². The van der Waals surface area contributed by atoms with Gasteiger partial charge in [0.05, 0.1) is 75.2 Å². The van der Waals surface area contributed by atoms with E-state index >= 15 is 0 Å². The van der Waals surface area contributed by atoms with E-state index in [2.05, 4.69) is 39.3 Å². The molecule has 324 valence electrons. The molecule has 2 saturated heterocycles. The summed E-state index contributed by atoms with van der Waals surface area (Å²) < 4.78 is 35.8. The van der Waals surface area contributed by atoms with Gasteiger partial charge in [0.15, 0.2) is 0 Å². The number of anilines is 2. The molecule has 0 aliphatic carbocycles. The van der Waals surface area contributed by atoms with Gasteiger partial charge in [-0.25, -0.2) is 0 Å². The van der Waals surface area contributed by atoms with Crippen molar-refractivity contribution in [2.75, 3.05) is 77.0 Å². The van der Waals surface area contributed by atoms with Crippen LogP contribution in [0, 0.1) is 0 Å². The number of carbonyl (C=O) groups is 4. The molecule has 4 amide bonds. The van der Waals surface area contributed by atoms with Crippen LogP contribution in [0.25, 0.3) is 0 Å². The molecule has 0 aromatic heterocycles. The maximum absolute atomic E-state index is 14.7. The lowest BCUT2D eigenvalue weighted by Gasteiger charge is -2.38. The molecular formula is C41H60N4O12Si2. The molecule has 4 aliphatic heterocycles. The van der Waals surface area contributed by atoms with Gasteiger partial charge in [-0.2, -0.15) is 0 Å². The van der Waals surface area contributed by atoms with Crippen molar-refractivity contribution in [3.8, 4) is 11.5 Å². The van der Waals surface area contributed by atoms with Crippen molar-refractivity contribution in [2.24, 2.45) is 0 Å². The van der Waals surface area contributed by atoms with Gasteiger partial charge in [0.2, 0.25) is 11.4 Å². The molecule has 4 aliphatic rings. The number of methoxy groups -OCH3 is 2. The SMILES string of the molecule is COc1ccc2c(c1)C(=O)N1CC(O)CC1(OCCCO[C@]13C[C@@H](O)CN1C(=O)c1cc(OC)ccc1N(COCC[Si](C)(C)C)C3=O)C(=O)N2COCC[Si](C)(C)C. The molecule has 18 heteroatoms. The number of nitrogens with zero attached hydrogens (tertiary/aromatic N) is 4. The molecule has 2 unspecified atom stereocenters. The summed E-state index contributed by atoms with van der Waals surface area (Å²) in [5, 5.41) is 22.0. The van der Waals surface area contributed by atoms with E-state index in [1.165, 1.54) is 33.8 Å². The highest BCUT2D eigenvalue weighted by atomic mass is 28.3. The number of hydrogen-bond acceptors (Lipinski definition) is 12. The van der Waals surface area contributed by atoms with E-state index in [9.17, 15) is 29.4 Å². The Bertz CT molecular complexity index is 1770. The lowest BCUT2D eigenvalue weighted by Crippen LogP contribution is -2.59. The molecule has 0 spiro atoms. The van der Waals surface area contributed by atoms with Crippen molar-refractivity contribution in [3.05, 3.63) is 47.5 Å². The molecule has 0 saturated carbocycles. The third kappa shape index (κ3) is 9.24. The summed E-state index contributed by atoms with van der Waals surface area (Å²) in [5.41, 5.74) is -2.66. The van der Waals surface area contributed by atoms with Crippen LogP contribution in [-0.2, 0) is 28.5 Å². The number of benzene rings is 2. The molecule has 16 nitrogen and oxygen atoms in total. The maximum atomic E-state index is 14.7. The van der Waals surface area contributed by atoms with Gasteiger partial charge in [-0.15, -0.1) is 0 Å². The van der Waals surface area contributed by atoms with Crippen LogP contribution in [0.1, 0.15) is 40.0 Å². The van der Waals surface area contributed by atoms with E-state index in [1.54, 1.807) is 36.4 Å². The molecule has 0 bridgehead atoms. The van der Waals surface area contributed by atoms with Crippen molar-refractivity contribution < 1.29 is 57.8 Å². The normalized spacial score (nSPS) is 24.5. The van der Waals surface area contributed by atoms with E-state index in [1.807, 2.05) is 0 Å². The van der Waals surface area contributed by atoms with E-state index in [0.29, 0.717) is 36.1 Å². The number of carbonyl (C=O) groups excluding carboxylic acids is 4. The smallest absolute Gasteiger partial charge is 0.282 e. The molecule has 2 N–H and O–H groups in total. The largest absolute Gasteiger partial charge is 0.497 e. The zero-order valence-electron chi connectivity index (χ0n) is 35.6. The van der Waals surface area contributed by atoms with Crippen LogP contribution in [0.4, 0.5) is 11.4 Å².